The molecule has 0 heterocycles. The molecule has 156 valence electrons. The number of rotatable bonds is 7. The molecule has 0 fully saturated rings. The van der Waals surface area contributed by atoms with E-state index >= 15 is 0 Å². The Labute approximate surface area is 172 Å². The van der Waals surface area contributed by atoms with Crippen molar-refractivity contribution in [2.75, 3.05) is 21.2 Å². The molecule has 8 heteroatoms. The van der Waals surface area contributed by atoms with Gasteiger partial charge in [-0.15, -0.1) is 0 Å². The van der Waals surface area contributed by atoms with Crippen molar-refractivity contribution in [2.45, 2.75) is 40.2 Å². The summed E-state index contributed by atoms with van der Waals surface area (Å²) < 4.78 is 26.3. The summed E-state index contributed by atoms with van der Waals surface area (Å²) in [5.41, 5.74) is 3.43. The first kappa shape index (κ1) is 22.4. The van der Waals surface area contributed by atoms with Crippen molar-refractivity contribution in [3.05, 3.63) is 53.6 Å². The second kappa shape index (κ2) is 9.09. The predicted octanol–water partition coefficient (Wildman–Crippen LogP) is 3.45. The molecule has 29 heavy (non-hydrogen) atoms. The van der Waals surface area contributed by atoms with Crippen LogP contribution in [0.3, 0.4) is 0 Å². The van der Waals surface area contributed by atoms with Gasteiger partial charge >= 0.3 is 0 Å². The second-order valence-corrected chi connectivity index (χ2v) is 8.86. The second-order valence-electron chi connectivity index (χ2n) is 7.00. The zero-order valence-electron chi connectivity index (χ0n) is 17.3. The van der Waals surface area contributed by atoms with E-state index in [0.29, 0.717) is 17.1 Å². The molecule has 1 atom stereocenters. The molecule has 0 bridgehead atoms. The number of nitrogens with zero attached hydrogens (tertiary/aromatic N) is 1. The van der Waals surface area contributed by atoms with Crippen LogP contribution in [0.4, 0.5) is 17.1 Å². The van der Waals surface area contributed by atoms with E-state index < -0.39 is 22.0 Å². The molecule has 2 amide bonds. The lowest BCUT2D eigenvalue weighted by Crippen LogP contribution is -2.47. The molecule has 1 unspecified atom stereocenters. The lowest BCUT2D eigenvalue weighted by molar-refractivity contribution is -0.117. The van der Waals surface area contributed by atoms with Crippen LogP contribution in [-0.2, 0) is 19.6 Å². The van der Waals surface area contributed by atoms with Gasteiger partial charge in [0.2, 0.25) is 21.8 Å². The van der Waals surface area contributed by atoms with E-state index in [1.807, 2.05) is 19.9 Å². The van der Waals surface area contributed by atoms with Crippen LogP contribution in [0.25, 0.3) is 0 Å². The maximum atomic E-state index is 13.0. The van der Waals surface area contributed by atoms with Crippen molar-refractivity contribution in [3.8, 4) is 0 Å². The fourth-order valence-corrected chi connectivity index (χ4v) is 4.23. The van der Waals surface area contributed by atoms with Crippen molar-refractivity contribution >= 4 is 38.9 Å². The number of benzene rings is 2. The fourth-order valence-electron chi connectivity index (χ4n) is 3.03. The fraction of sp³-hybridized carbons (Fsp3) is 0.333. The molecule has 7 nitrogen and oxygen atoms in total. The van der Waals surface area contributed by atoms with E-state index in [1.54, 1.807) is 43.3 Å². The minimum absolute atomic E-state index is 0.224. The Balaban J connectivity index is 2.36. The van der Waals surface area contributed by atoms with Crippen LogP contribution < -0.4 is 14.9 Å². The highest BCUT2D eigenvalue weighted by Crippen LogP contribution is 2.26. The van der Waals surface area contributed by atoms with E-state index in [1.165, 1.54) is 6.92 Å². The summed E-state index contributed by atoms with van der Waals surface area (Å²) in [4.78, 5) is 24.2. The average Bonchev–Trinajstić information content (AvgIpc) is 2.60. The van der Waals surface area contributed by atoms with Gasteiger partial charge in [-0.25, -0.2) is 8.42 Å². The minimum Gasteiger partial charge on any atom is -0.326 e. The molecule has 2 rings (SSSR count). The Bertz CT molecular complexity index is 1020. The Hall–Kier alpha value is -2.87. The molecule has 0 aliphatic heterocycles. The standard InChI is InChI=1S/C21H27N3O4S/c1-6-20(21(26)23-18-9-7-8-17(13-18)22-16(4)25)24(29(5,27)28)19-11-10-14(2)15(3)12-19/h7-13,20H,6H2,1-5H3,(H,22,25)(H,23,26). The number of carbonyl (C=O) groups excluding carboxylic acids is 2. The van der Waals surface area contributed by atoms with Gasteiger partial charge in [0.05, 0.1) is 11.9 Å². The number of anilines is 3. The zero-order valence-corrected chi connectivity index (χ0v) is 18.1. The molecule has 0 aromatic heterocycles. The van der Waals surface area contributed by atoms with Crippen LogP contribution >= 0.6 is 0 Å². The molecule has 0 spiro atoms. The molecular formula is C21H27N3O4S. The number of carbonyl (C=O) groups is 2. The minimum atomic E-state index is -3.70. The van der Waals surface area contributed by atoms with Crippen LogP contribution in [0.2, 0.25) is 0 Å². The number of nitrogens with one attached hydrogen (secondary N) is 2. The van der Waals surface area contributed by atoms with Gasteiger partial charge in [0.15, 0.2) is 0 Å². The molecule has 0 aliphatic rings. The predicted molar refractivity (Wildman–Crippen MR) is 117 cm³/mol. The Morgan fingerprint density at radius 3 is 2.14 bits per heavy atom. The molecule has 0 radical (unpaired) electrons. The number of aryl methyl sites for hydroxylation is 2. The highest BCUT2D eigenvalue weighted by Gasteiger charge is 2.31. The summed E-state index contributed by atoms with van der Waals surface area (Å²) in [6, 6.07) is 11.1. The first-order chi connectivity index (χ1) is 13.5. The first-order valence-corrected chi connectivity index (χ1v) is 11.1. The highest BCUT2D eigenvalue weighted by atomic mass is 32.2. The van der Waals surface area contributed by atoms with Gasteiger partial charge in [-0.05, 0) is 61.7 Å². The van der Waals surface area contributed by atoms with Crippen LogP contribution in [0.15, 0.2) is 42.5 Å². The molecule has 0 saturated heterocycles. The zero-order chi connectivity index (χ0) is 21.8. The quantitative estimate of drug-likeness (QED) is 0.721. The maximum absolute atomic E-state index is 13.0. The van der Waals surface area contributed by atoms with Gasteiger partial charge in [0.25, 0.3) is 0 Å². The molecular weight excluding hydrogens is 390 g/mol. The van der Waals surface area contributed by atoms with Crippen LogP contribution in [0.1, 0.15) is 31.4 Å². The van der Waals surface area contributed by atoms with Crippen molar-refractivity contribution < 1.29 is 18.0 Å². The monoisotopic (exact) mass is 417 g/mol. The van der Waals surface area contributed by atoms with Gasteiger partial charge in [0, 0.05) is 18.3 Å². The summed E-state index contributed by atoms with van der Waals surface area (Å²) in [7, 11) is -3.70. The summed E-state index contributed by atoms with van der Waals surface area (Å²) in [5.74, 6) is -0.672. The summed E-state index contributed by atoms with van der Waals surface area (Å²) in [5, 5.41) is 5.41. The number of hydrogen-bond acceptors (Lipinski definition) is 4. The lowest BCUT2D eigenvalue weighted by Gasteiger charge is -2.30. The highest BCUT2D eigenvalue weighted by molar-refractivity contribution is 7.92. The topological polar surface area (TPSA) is 95.6 Å². The Morgan fingerprint density at radius 2 is 1.62 bits per heavy atom. The first-order valence-electron chi connectivity index (χ1n) is 9.28. The molecule has 2 N–H and O–H groups in total. The normalized spacial score (nSPS) is 12.2. The average molecular weight is 418 g/mol. The molecule has 0 aliphatic carbocycles. The van der Waals surface area contributed by atoms with Gasteiger partial charge < -0.3 is 10.6 Å². The van der Waals surface area contributed by atoms with Crippen molar-refractivity contribution in [2.24, 2.45) is 0 Å². The third kappa shape index (κ3) is 5.80. The van der Waals surface area contributed by atoms with Crippen molar-refractivity contribution in [3.63, 3.8) is 0 Å². The van der Waals surface area contributed by atoms with Crippen LogP contribution in [-0.4, -0.2) is 32.5 Å². The largest absolute Gasteiger partial charge is 0.326 e. The third-order valence-corrected chi connectivity index (χ3v) is 5.71. The molecule has 2 aromatic rings. The lowest BCUT2D eigenvalue weighted by atomic mass is 10.1. The molecule has 0 saturated carbocycles. The van der Waals surface area contributed by atoms with E-state index in [4.69, 9.17) is 0 Å². The summed E-state index contributed by atoms with van der Waals surface area (Å²) in [6.07, 6.45) is 1.38. The number of sulfonamides is 1. The van der Waals surface area contributed by atoms with Gasteiger partial charge in [0.1, 0.15) is 6.04 Å². The van der Waals surface area contributed by atoms with Crippen molar-refractivity contribution in [1.29, 1.82) is 0 Å². The SMILES string of the molecule is CCC(C(=O)Nc1cccc(NC(C)=O)c1)N(c1ccc(C)c(C)c1)S(C)(=O)=O. The van der Waals surface area contributed by atoms with Crippen LogP contribution in [0.5, 0.6) is 0 Å². The van der Waals surface area contributed by atoms with Gasteiger partial charge in [-0.1, -0.05) is 19.1 Å². The van der Waals surface area contributed by atoms with E-state index in [0.717, 1.165) is 21.7 Å². The smallest absolute Gasteiger partial charge is 0.248 e. The van der Waals surface area contributed by atoms with E-state index in [9.17, 15) is 18.0 Å². The van der Waals surface area contributed by atoms with E-state index in [-0.39, 0.29) is 12.3 Å². The third-order valence-electron chi connectivity index (χ3n) is 4.53. The van der Waals surface area contributed by atoms with Gasteiger partial charge in [-0.3, -0.25) is 13.9 Å². The van der Waals surface area contributed by atoms with Crippen LogP contribution in [0, 0.1) is 13.8 Å². The summed E-state index contributed by atoms with van der Waals surface area (Å²) >= 11 is 0. The summed E-state index contributed by atoms with van der Waals surface area (Å²) in [6.45, 7) is 6.99. The molecule has 2 aromatic carbocycles. The number of amides is 2. The maximum Gasteiger partial charge on any atom is 0.248 e. The van der Waals surface area contributed by atoms with E-state index in [2.05, 4.69) is 10.6 Å². The Morgan fingerprint density at radius 1 is 1.00 bits per heavy atom. The van der Waals surface area contributed by atoms with Gasteiger partial charge in [-0.2, -0.15) is 0 Å². The van der Waals surface area contributed by atoms with Crippen molar-refractivity contribution in [1.82, 2.24) is 0 Å². The number of hydrogen-bond donors (Lipinski definition) is 2. The Kier molecular flexibility index (Phi) is 7.02.